The molecular formula is C16H12ClNO2. The third kappa shape index (κ3) is 2.74. The molecule has 0 bridgehead atoms. The highest BCUT2D eigenvalue weighted by Crippen LogP contribution is 2.19. The van der Waals surface area contributed by atoms with Gasteiger partial charge in [-0.2, -0.15) is 0 Å². The Hall–Kier alpha value is -2.10. The van der Waals surface area contributed by atoms with Crippen LogP contribution >= 0.6 is 11.6 Å². The van der Waals surface area contributed by atoms with Crippen LogP contribution in [0.3, 0.4) is 0 Å². The van der Waals surface area contributed by atoms with Crippen LogP contribution in [-0.4, -0.2) is 10.1 Å². The molecule has 100 valence electrons. The normalized spacial score (nSPS) is 11.5. The van der Waals surface area contributed by atoms with E-state index in [1.807, 2.05) is 48.6 Å². The van der Waals surface area contributed by atoms with E-state index >= 15 is 0 Å². The van der Waals surface area contributed by atoms with Gasteiger partial charge in [0.1, 0.15) is 5.52 Å². The second-order valence-corrected chi connectivity index (χ2v) is 4.83. The minimum absolute atomic E-state index is 0.00735. The number of rotatable bonds is 3. The van der Waals surface area contributed by atoms with Gasteiger partial charge >= 0.3 is 0 Å². The molecule has 1 aromatic heterocycles. The van der Waals surface area contributed by atoms with Crippen molar-refractivity contribution < 1.29 is 9.52 Å². The van der Waals surface area contributed by atoms with Crippen molar-refractivity contribution in [3.8, 4) is 0 Å². The second kappa shape index (κ2) is 5.49. The highest BCUT2D eigenvalue weighted by molar-refractivity contribution is 6.30. The number of halogens is 1. The first-order valence-corrected chi connectivity index (χ1v) is 6.56. The van der Waals surface area contributed by atoms with E-state index in [2.05, 4.69) is 4.98 Å². The van der Waals surface area contributed by atoms with Crippen LogP contribution in [0.25, 0.3) is 23.3 Å². The van der Waals surface area contributed by atoms with E-state index in [4.69, 9.17) is 21.1 Å². The molecule has 0 aliphatic heterocycles. The van der Waals surface area contributed by atoms with Gasteiger partial charge in [0, 0.05) is 11.1 Å². The quantitative estimate of drug-likeness (QED) is 0.786. The molecule has 0 amide bonds. The van der Waals surface area contributed by atoms with E-state index in [0.29, 0.717) is 16.5 Å². The van der Waals surface area contributed by atoms with Crippen molar-refractivity contribution in [3.63, 3.8) is 0 Å². The fourth-order valence-electron chi connectivity index (χ4n) is 1.90. The van der Waals surface area contributed by atoms with E-state index in [1.165, 1.54) is 0 Å². The van der Waals surface area contributed by atoms with Gasteiger partial charge in [0.2, 0.25) is 5.89 Å². The monoisotopic (exact) mass is 285 g/mol. The third-order valence-corrected chi connectivity index (χ3v) is 3.19. The van der Waals surface area contributed by atoms with Crippen molar-refractivity contribution >= 4 is 34.9 Å². The number of aliphatic hydroxyl groups excluding tert-OH is 1. The van der Waals surface area contributed by atoms with Gasteiger partial charge in [0.15, 0.2) is 5.58 Å². The molecule has 3 aromatic rings. The maximum absolute atomic E-state index is 9.09. The summed E-state index contributed by atoms with van der Waals surface area (Å²) in [4.78, 5) is 4.36. The maximum Gasteiger partial charge on any atom is 0.220 e. The van der Waals surface area contributed by atoms with Crippen LogP contribution in [-0.2, 0) is 6.61 Å². The Morgan fingerprint density at radius 1 is 1.10 bits per heavy atom. The summed E-state index contributed by atoms with van der Waals surface area (Å²) in [6.45, 7) is -0.00735. The smallest absolute Gasteiger partial charge is 0.220 e. The van der Waals surface area contributed by atoms with Crippen molar-refractivity contribution in [2.24, 2.45) is 0 Å². The van der Waals surface area contributed by atoms with Crippen molar-refractivity contribution in [1.82, 2.24) is 4.98 Å². The number of hydrogen-bond donors (Lipinski definition) is 1. The lowest BCUT2D eigenvalue weighted by Crippen LogP contribution is -1.80. The topological polar surface area (TPSA) is 46.3 Å². The Labute approximate surface area is 121 Å². The molecule has 4 heteroatoms. The van der Waals surface area contributed by atoms with E-state index < -0.39 is 0 Å². The molecule has 1 N–H and O–H groups in total. The van der Waals surface area contributed by atoms with Crippen LogP contribution in [0.1, 0.15) is 17.0 Å². The lowest BCUT2D eigenvalue weighted by atomic mass is 10.2. The predicted octanol–water partition coefficient (Wildman–Crippen LogP) is 4.14. The summed E-state index contributed by atoms with van der Waals surface area (Å²) in [5.74, 6) is 0.532. The second-order valence-electron chi connectivity index (χ2n) is 4.40. The zero-order chi connectivity index (χ0) is 13.9. The molecule has 0 spiro atoms. The first-order chi connectivity index (χ1) is 9.74. The highest BCUT2D eigenvalue weighted by atomic mass is 35.5. The number of hydrogen-bond acceptors (Lipinski definition) is 3. The van der Waals surface area contributed by atoms with Gasteiger partial charge in [0.25, 0.3) is 0 Å². The molecule has 0 fully saturated rings. The highest BCUT2D eigenvalue weighted by Gasteiger charge is 2.03. The summed E-state index contributed by atoms with van der Waals surface area (Å²) in [6.07, 6.45) is 3.72. The summed E-state index contributed by atoms with van der Waals surface area (Å²) >= 11 is 5.84. The standard InChI is InChI=1S/C16H12ClNO2/c17-13-5-1-11(2-6-13)4-8-16-18-14-7-3-12(10-19)9-15(14)20-16/h1-9,19H,10H2/b8-4+. The van der Waals surface area contributed by atoms with E-state index in [9.17, 15) is 0 Å². The van der Waals surface area contributed by atoms with Crippen molar-refractivity contribution in [3.05, 3.63) is 64.5 Å². The largest absolute Gasteiger partial charge is 0.437 e. The van der Waals surface area contributed by atoms with Gasteiger partial charge in [-0.25, -0.2) is 4.98 Å². The third-order valence-electron chi connectivity index (χ3n) is 2.94. The zero-order valence-electron chi connectivity index (χ0n) is 10.6. The van der Waals surface area contributed by atoms with Crippen LogP contribution in [0.4, 0.5) is 0 Å². The molecule has 0 aliphatic rings. The number of nitrogens with zero attached hydrogens (tertiary/aromatic N) is 1. The van der Waals surface area contributed by atoms with Gasteiger partial charge in [-0.15, -0.1) is 0 Å². The fraction of sp³-hybridized carbons (Fsp3) is 0.0625. The summed E-state index contributed by atoms with van der Waals surface area (Å²) in [7, 11) is 0. The lowest BCUT2D eigenvalue weighted by Gasteiger charge is -1.92. The Kier molecular flexibility index (Phi) is 3.54. The van der Waals surface area contributed by atoms with Crippen molar-refractivity contribution in [2.75, 3.05) is 0 Å². The average Bonchev–Trinajstić information content (AvgIpc) is 2.88. The predicted molar refractivity (Wildman–Crippen MR) is 80.3 cm³/mol. The van der Waals surface area contributed by atoms with E-state index in [1.54, 1.807) is 6.07 Å². The number of oxazole rings is 1. The van der Waals surface area contributed by atoms with Crippen LogP contribution < -0.4 is 0 Å². The van der Waals surface area contributed by atoms with Gasteiger partial charge in [-0.05, 0) is 41.5 Å². The Morgan fingerprint density at radius 3 is 2.65 bits per heavy atom. The molecular weight excluding hydrogens is 274 g/mol. The minimum Gasteiger partial charge on any atom is -0.437 e. The summed E-state index contributed by atoms with van der Waals surface area (Å²) in [5, 5.41) is 9.80. The molecule has 0 aliphatic carbocycles. The first-order valence-electron chi connectivity index (χ1n) is 6.18. The molecule has 20 heavy (non-hydrogen) atoms. The summed E-state index contributed by atoms with van der Waals surface area (Å²) < 4.78 is 5.62. The Morgan fingerprint density at radius 2 is 1.90 bits per heavy atom. The van der Waals surface area contributed by atoms with Gasteiger partial charge < -0.3 is 9.52 Å². The zero-order valence-corrected chi connectivity index (χ0v) is 11.3. The molecule has 3 nitrogen and oxygen atoms in total. The maximum atomic E-state index is 9.09. The fourth-order valence-corrected chi connectivity index (χ4v) is 2.02. The number of benzene rings is 2. The molecule has 0 saturated heterocycles. The molecule has 3 rings (SSSR count). The molecule has 0 atom stereocenters. The van der Waals surface area contributed by atoms with E-state index in [-0.39, 0.29) is 6.61 Å². The molecule has 0 saturated carbocycles. The van der Waals surface area contributed by atoms with Gasteiger partial charge in [-0.1, -0.05) is 29.8 Å². The average molecular weight is 286 g/mol. The molecule has 2 aromatic carbocycles. The molecule has 1 heterocycles. The minimum atomic E-state index is -0.00735. The van der Waals surface area contributed by atoms with Gasteiger partial charge in [-0.3, -0.25) is 0 Å². The lowest BCUT2D eigenvalue weighted by molar-refractivity contribution is 0.282. The van der Waals surface area contributed by atoms with Crippen LogP contribution in [0.15, 0.2) is 46.9 Å². The molecule has 0 radical (unpaired) electrons. The van der Waals surface area contributed by atoms with Crippen molar-refractivity contribution in [2.45, 2.75) is 6.61 Å². The summed E-state index contributed by atoms with van der Waals surface area (Å²) in [5.41, 5.74) is 3.28. The number of aliphatic hydroxyl groups is 1. The van der Waals surface area contributed by atoms with Gasteiger partial charge in [0.05, 0.1) is 6.61 Å². The number of fused-ring (bicyclic) bond motifs is 1. The van der Waals surface area contributed by atoms with E-state index in [0.717, 1.165) is 16.6 Å². The SMILES string of the molecule is OCc1ccc2nc(/C=C/c3ccc(Cl)cc3)oc2c1. The number of aromatic nitrogens is 1. The Balaban J connectivity index is 1.88. The van der Waals surface area contributed by atoms with Crippen LogP contribution in [0.5, 0.6) is 0 Å². The molecule has 0 unspecified atom stereocenters. The van der Waals surface area contributed by atoms with Crippen molar-refractivity contribution in [1.29, 1.82) is 0 Å². The summed E-state index contributed by atoms with van der Waals surface area (Å²) in [6, 6.07) is 13.0. The van der Waals surface area contributed by atoms with Crippen LogP contribution in [0, 0.1) is 0 Å². The van der Waals surface area contributed by atoms with Crippen LogP contribution in [0.2, 0.25) is 5.02 Å². The Bertz CT molecular complexity index is 760. The first kappa shape index (κ1) is 12.9.